The van der Waals surface area contributed by atoms with Gasteiger partial charge in [0.2, 0.25) is 0 Å². The number of amidine groups is 1. The summed E-state index contributed by atoms with van der Waals surface area (Å²) in [5.74, 6) is 1.56. The number of rotatable bonds is 4. The van der Waals surface area contributed by atoms with Gasteiger partial charge in [-0.05, 0) is 31.3 Å². The monoisotopic (exact) mass is 393 g/mol. The Balaban J connectivity index is 1.53. The van der Waals surface area contributed by atoms with Gasteiger partial charge in [0.1, 0.15) is 5.69 Å². The molecule has 0 bridgehead atoms. The van der Waals surface area contributed by atoms with Crippen LogP contribution in [-0.2, 0) is 4.74 Å². The maximum absolute atomic E-state index is 5.47. The Labute approximate surface area is 173 Å². The lowest BCUT2D eigenvalue weighted by atomic mass is 10.00. The van der Waals surface area contributed by atoms with E-state index in [-0.39, 0.29) is 0 Å². The first-order chi connectivity index (χ1) is 14.1. The Morgan fingerprint density at radius 2 is 2.00 bits per heavy atom. The lowest BCUT2D eigenvalue weighted by molar-refractivity contribution is 0.0259. The van der Waals surface area contributed by atoms with E-state index in [1.807, 2.05) is 6.92 Å². The number of aromatic nitrogens is 2. The van der Waals surface area contributed by atoms with E-state index >= 15 is 0 Å². The first-order valence-corrected chi connectivity index (χ1v) is 10.6. The Kier molecular flexibility index (Phi) is 6.21. The van der Waals surface area contributed by atoms with Crippen molar-refractivity contribution in [1.82, 2.24) is 19.8 Å². The van der Waals surface area contributed by atoms with Gasteiger partial charge in [-0.25, -0.2) is 9.98 Å². The summed E-state index contributed by atoms with van der Waals surface area (Å²) in [6, 6.07) is 0.445. The molecule has 3 aliphatic rings. The summed E-state index contributed by atoms with van der Waals surface area (Å²) in [4.78, 5) is 18.8. The highest BCUT2D eigenvalue weighted by atomic mass is 16.5. The number of aryl methyl sites for hydroxylation is 1. The van der Waals surface area contributed by atoms with Gasteiger partial charge in [0.25, 0.3) is 0 Å². The summed E-state index contributed by atoms with van der Waals surface area (Å²) in [7, 11) is 0. The maximum Gasteiger partial charge on any atom is 0.157 e. The zero-order chi connectivity index (χ0) is 20.2. The Bertz CT molecular complexity index is 837. The van der Waals surface area contributed by atoms with Crippen molar-refractivity contribution < 1.29 is 4.74 Å². The summed E-state index contributed by atoms with van der Waals surface area (Å²) in [5.41, 5.74) is 3.65. The molecule has 4 rings (SSSR count). The minimum Gasteiger partial charge on any atom is -0.379 e. The van der Waals surface area contributed by atoms with E-state index in [1.165, 1.54) is 6.42 Å². The summed E-state index contributed by atoms with van der Waals surface area (Å²) < 4.78 is 5.47. The largest absolute Gasteiger partial charge is 0.379 e. The lowest BCUT2D eigenvalue weighted by Crippen LogP contribution is -2.42. The van der Waals surface area contributed by atoms with Crippen molar-refractivity contribution in [2.45, 2.75) is 32.7 Å². The standard InChI is InChI=1S/C23H31N5O/c1-17-8-11-28(16-17)23(22-19(3)24-9-10-25-22)26-18(2)20-4-6-21(7-5-20)27-12-14-29-15-13-27/h4-6,9-10,17,21H,2,7-8,11-16H2,1,3H3/t17-,21?/m0/s1. The molecule has 0 radical (unpaired) electrons. The smallest absolute Gasteiger partial charge is 0.157 e. The van der Waals surface area contributed by atoms with Gasteiger partial charge in [0, 0.05) is 44.6 Å². The second-order valence-electron chi connectivity index (χ2n) is 8.18. The molecule has 2 aliphatic heterocycles. The van der Waals surface area contributed by atoms with Crippen molar-refractivity contribution in [2.75, 3.05) is 39.4 Å². The highest BCUT2D eigenvalue weighted by Crippen LogP contribution is 2.24. The van der Waals surface area contributed by atoms with Gasteiger partial charge in [-0.3, -0.25) is 9.88 Å². The molecule has 6 nitrogen and oxygen atoms in total. The van der Waals surface area contributed by atoms with Gasteiger partial charge in [0.15, 0.2) is 5.84 Å². The molecule has 6 heteroatoms. The maximum atomic E-state index is 5.47. The summed E-state index contributed by atoms with van der Waals surface area (Å²) >= 11 is 0. The molecular formula is C23H31N5O. The molecular weight excluding hydrogens is 362 g/mol. The van der Waals surface area contributed by atoms with Crippen molar-refractivity contribution >= 4 is 5.84 Å². The molecule has 2 saturated heterocycles. The number of aliphatic imine (C=N–C) groups is 1. The molecule has 1 aliphatic carbocycles. The van der Waals surface area contributed by atoms with Crippen molar-refractivity contribution in [1.29, 1.82) is 0 Å². The molecule has 3 heterocycles. The minimum absolute atomic E-state index is 0.445. The molecule has 154 valence electrons. The van der Waals surface area contributed by atoms with Crippen molar-refractivity contribution in [3.63, 3.8) is 0 Å². The molecule has 1 unspecified atom stereocenters. The van der Waals surface area contributed by atoms with Crippen molar-refractivity contribution in [3.8, 4) is 0 Å². The van der Waals surface area contributed by atoms with Gasteiger partial charge in [-0.1, -0.05) is 31.7 Å². The zero-order valence-electron chi connectivity index (χ0n) is 17.5. The zero-order valence-corrected chi connectivity index (χ0v) is 17.5. The van der Waals surface area contributed by atoms with E-state index in [1.54, 1.807) is 12.4 Å². The van der Waals surface area contributed by atoms with Crippen molar-refractivity contribution in [2.24, 2.45) is 10.9 Å². The average molecular weight is 394 g/mol. The highest BCUT2D eigenvalue weighted by Gasteiger charge is 2.26. The number of ether oxygens (including phenoxy) is 1. The van der Waals surface area contributed by atoms with E-state index < -0.39 is 0 Å². The molecule has 1 aromatic heterocycles. The van der Waals surface area contributed by atoms with Crippen LogP contribution in [0.15, 0.2) is 53.5 Å². The van der Waals surface area contributed by atoms with Crippen LogP contribution in [0.25, 0.3) is 0 Å². The van der Waals surface area contributed by atoms with Crippen LogP contribution in [0, 0.1) is 12.8 Å². The number of likely N-dealkylation sites (tertiary alicyclic amines) is 1. The molecule has 0 spiro atoms. The van der Waals surface area contributed by atoms with E-state index in [0.717, 1.165) is 74.3 Å². The van der Waals surface area contributed by atoms with Crippen LogP contribution < -0.4 is 0 Å². The minimum atomic E-state index is 0.445. The Hall–Kier alpha value is -2.31. The van der Waals surface area contributed by atoms with Gasteiger partial charge >= 0.3 is 0 Å². The third-order valence-electron chi connectivity index (χ3n) is 5.98. The predicted octanol–water partition coefficient (Wildman–Crippen LogP) is 2.97. The molecule has 29 heavy (non-hydrogen) atoms. The lowest BCUT2D eigenvalue weighted by Gasteiger charge is -2.33. The van der Waals surface area contributed by atoms with Crippen LogP contribution in [0.1, 0.15) is 31.2 Å². The molecule has 0 N–H and O–H groups in total. The van der Waals surface area contributed by atoms with Crippen LogP contribution in [-0.4, -0.2) is 71.0 Å². The molecule has 1 aromatic rings. The molecule has 2 fully saturated rings. The average Bonchev–Trinajstić information content (AvgIpc) is 3.19. The molecule has 0 saturated carbocycles. The first-order valence-electron chi connectivity index (χ1n) is 10.6. The molecule has 0 amide bonds. The summed E-state index contributed by atoms with van der Waals surface area (Å²) in [6.07, 6.45) is 12.4. The topological polar surface area (TPSA) is 53.9 Å². The van der Waals surface area contributed by atoms with E-state index in [0.29, 0.717) is 12.0 Å². The Morgan fingerprint density at radius 3 is 2.66 bits per heavy atom. The first kappa shape index (κ1) is 20.0. The third kappa shape index (κ3) is 4.65. The summed E-state index contributed by atoms with van der Waals surface area (Å²) in [6.45, 7) is 14.2. The van der Waals surface area contributed by atoms with E-state index in [4.69, 9.17) is 9.73 Å². The van der Waals surface area contributed by atoms with E-state index in [9.17, 15) is 0 Å². The second kappa shape index (κ2) is 9.01. The van der Waals surface area contributed by atoms with Crippen molar-refractivity contribution in [3.05, 3.63) is 59.9 Å². The van der Waals surface area contributed by atoms with Crippen LogP contribution in [0.2, 0.25) is 0 Å². The fourth-order valence-corrected chi connectivity index (χ4v) is 4.22. The fourth-order valence-electron chi connectivity index (χ4n) is 4.22. The fraction of sp³-hybridized carbons (Fsp3) is 0.522. The third-order valence-corrected chi connectivity index (χ3v) is 5.98. The van der Waals surface area contributed by atoms with Crippen LogP contribution in [0.5, 0.6) is 0 Å². The van der Waals surface area contributed by atoms with E-state index in [2.05, 4.69) is 51.5 Å². The van der Waals surface area contributed by atoms with Crippen LogP contribution >= 0.6 is 0 Å². The molecule has 0 aromatic carbocycles. The van der Waals surface area contributed by atoms with Gasteiger partial charge in [-0.2, -0.15) is 0 Å². The normalized spacial score (nSPS) is 25.9. The molecule has 2 atom stereocenters. The highest BCUT2D eigenvalue weighted by molar-refractivity contribution is 5.99. The summed E-state index contributed by atoms with van der Waals surface area (Å²) in [5, 5.41) is 0. The van der Waals surface area contributed by atoms with Gasteiger partial charge in [-0.15, -0.1) is 0 Å². The quantitative estimate of drug-likeness (QED) is 0.581. The number of hydrogen-bond acceptors (Lipinski definition) is 5. The number of morpholine rings is 1. The van der Waals surface area contributed by atoms with Crippen LogP contribution in [0.4, 0.5) is 0 Å². The second-order valence-corrected chi connectivity index (χ2v) is 8.18. The SMILES string of the molecule is C=C(N=C(c1nccnc1C)N1CC[C@H](C)C1)C1=CCC(N2CCOCC2)C=C1. The number of nitrogens with zero attached hydrogens (tertiary/aromatic N) is 5. The van der Waals surface area contributed by atoms with Gasteiger partial charge < -0.3 is 9.64 Å². The predicted molar refractivity (Wildman–Crippen MR) is 116 cm³/mol. The number of allylic oxidation sites excluding steroid dienone is 1. The number of hydrogen-bond donors (Lipinski definition) is 0. The van der Waals surface area contributed by atoms with Crippen LogP contribution in [0.3, 0.4) is 0 Å². The Morgan fingerprint density at radius 1 is 1.21 bits per heavy atom. The van der Waals surface area contributed by atoms with Gasteiger partial charge in [0.05, 0.1) is 24.6 Å².